The van der Waals surface area contributed by atoms with Crippen LogP contribution in [0.3, 0.4) is 0 Å². The molecule has 1 aliphatic rings. The van der Waals surface area contributed by atoms with Crippen molar-refractivity contribution in [1.29, 1.82) is 0 Å². The van der Waals surface area contributed by atoms with Crippen molar-refractivity contribution < 1.29 is 18.8 Å². The number of ether oxygens (including phenoxy) is 1. The highest BCUT2D eigenvalue weighted by Gasteiger charge is 2.29. The van der Waals surface area contributed by atoms with Gasteiger partial charge in [0.25, 0.3) is 0 Å². The van der Waals surface area contributed by atoms with E-state index in [9.17, 15) is 9.59 Å². The molecular formula is C31H42ClN5O4. The van der Waals surface area contributed by atoms with E-state index in [1.165, 1.54) is 11.1 Å². The number of fused-ring (bicyclic) bond motifs is 1. The van der Waals surface area contributed by atoms with Crippen molar-refractivity contribution in [3.05, 3.63) is 59.0 Å². The lowest BCUT2D eigenvalue weighted by molar-refractivity contribution is -0.130. The van der Waals surface area contributed by atoms with E-state index in [-0.39, 0.29) is 43.4 Å². The second kappa shape index (κ2) is 14.3. The Morgan fingerprint density at radius 1 is 1.10 bits per heavy atom. The van der Waals surface area contributed by atoms with Gasteiger partial charge < -0.3 is 24.4 Å². The number of hydrogen-bond donors (Lipinski definition) is 1. The molecule has 0 saturated carbocycles. The first-order chi connectivity index (χ1) is 19.1. The number of nitrogens with one attached hydrogen (secondary N) is 1. The molecule has 0 spiro atoms. The molecule has 1 aromatic heterocycles. The lowest BCUT2D eigenvalue weighted by Crippen LogP contribution is -2.47. The SMILES string of the molecule is COc1ccc2c(c1)CC(N(C)C(=O)CN(CC(=O)NCCCC(C)C)c1cc(-c3noc(C)n3)ccc1C)C2.Cl. The molecule has 41 heavy (non-hydrogen) atoms. The first kappa shape index (κ1) is 31.9. The number of carbonyl (C=O) groups is 2. The fourth-order valence-electron chi connectivity index (χ4n) is 5.15. The summed E-state index contributed by atoms with van der Waals surface area (Å²) in [6.07, 6.45) is 3.54. The summed E-state index contributed by atoms with van der Waals surface area (Å²) in [7, 11) is 3.52. The first-order valence-corrected chi connectivity index (χ1v) is 14.0. The highest BCUT2D eigenvalue weighted by Crippen LogP contribution is 2.30. The second-order valence-electron chi connectivity index (χ2n) is 11.1. The molecule has 0 saturated heterocycles. The van der Waals surface area contributed by atoms with Crippen LogP contribution >= 0.6 is 12.4 Å². The molecule has 0 aliphatic heterocycles. The van der Waals surface area contributed by atoms with Crippen LogP contribution in [-0.4, -0.2) is 66.7 Å². The van der Waals surface area contributed by atoms with Crippen LogP contribution in [0.25, 0.3) is 11.4 Å². The van der Waals surface area contributed by atoms with Gasteiger partial charge in [-0.25, -0.2) is 0 Å². The molecule has 1 aliphatic carbocycles. The molecule has 9 nitrogen and oxygen atoms in total. The number of amides is 2. The summed E-state index contributed by atoms with van der Waals surface area (Å²) in [6, 6.07) is 12.0. The molecular weight excluding hydrogens is 542 g/mol. The molecule has 1 heterocycles. The van der Waals surface area contributed by atoms with E-state index in [1.807, 2.05) is 48.0 Å². The predicted molar refractivity (Wildman–Crippen MR) is 163 cm³/mol. The molecule has 222 valence electrons. The predicted octanol–water partition coefficient (Wildman–Crippen LogP) is 4.77. The van der Waals surface area contributed by atoms with Crippen LogP contribution in [0, 0.1) is 19.8 Å². The van der Waals surface area contributed by atoms with Gasteiger partial charge in [0.05, 0.1) is 20.2 Å². The van der Waals surface area contributed by atoms with E-state index >= 15 is 0 Å². The maximum absolute atomic E-state index is 13.7. The summed E-state index contributed by atoms with van der Waals surface area (Å²) in [6.45, 7) is 8.82. The summed E-state index contributed by atoms with van der Waals surface area (Å²) in [5, 5.41) is 7.08. The summed E-state index contributed by atoms with van der Waals surface area (Å²) in [5.74, 6) is 2.20. The Labute approximate surface area is 249 Å². The number of benzene rings is 2. The maximum atomic E-state index is 13.7. The quantitative estimate of drug-likeness (QED) is 0.307. The lowest BCUT2D eigenvalue weighted by atomic mass is 10.1. The van der Waals surface area contributed by atoms with Gasteiger partial charge in [0.15, 0.2) is 0 Å². The number of hydrogen-bond acceptors (Lipinski definition) is 7. The fourth-order valence-corrected chi connectivity index (χ4v) is 5.15. The van der Waals surface area contributed by atoms with Gasteiger partial charge in [-0.2, -0.15) is 4.98 Å². The monoisotopic (exact) mass is 583 g/mol. The Kier molecular flexibility index (Phi) is 11.2. The average molecular weight is 584 g/mol. The highest BCUT2D eigenvalue weighted by molar-refractivity contribution is 5.87. The largest absolute Gasteiger partial charge is 0.497 e. The first-order valence-electron chi connectivity index (χ1n) is 14.0. The number of aromatic nitrogens is 2. The van der Waals surface area contributed by atoms with Crippen molar-refractivity contribution in [3.63, 3.8) is 0 Å². The molecule has 4 rings (SSSR count). The number of carbonyl (C=O) groups excluding carboxylic acids is 2. The van der Waals surface area contributed by atoms with Crippen LogP contribution in [0.5, 0.6) is 5.75 Å². The van der Waals surface area contributed by atoms with E-state index in [0.29, 0.717) is 24.2 Å². The summed E-state index contributed by atoms with van der Waals surface area (Å²) in [5.41, 5.74) is 4.95. The van der Waals surface area contributed by atoms with Crippen LogP contribution in [0.2, 0.25) is 0 Å². The summed E-state index contributed by atoms with van der Waals surface area (Å²) in [4.78, 5) is 34.7. The Morgan fingerprint density at radius 2 is 1.85 bits per heavy atom. The maximum Gasteiger partial charge on any atom is 0.242 e. The van der Waals surface area contributed by atoms with Gasteiger partial charge in [-0.05, 0) is 73.4 Å². The van der Waals surface area contributed by atoms with Crippen LogP contribution in [0.15, 0.2) is 40.9 Å². The topological polar surface area (TPSA) is 101 Å². The van der Waals surface area contributed by atoms with E-state index in [4.69, 9.17) is 9.26 Å². The van der Waals surface area contributed by atoms with E-state index < -0.39 is 0 Å². The lowest BCUT2D eigenvalue weighted by Gasteiger charge is -2.30. The van der Waals surface area contributed by atoms with Crippen molar-refractivity contribution >= 4 is 29.9 Å². The third-order valence-electron chi connectivity index (χ3n) is 7.54. The summed E-state index contributed by atoms with van der Waals surface area (Å²) >= 11 is 0. The third kappa shape index (κ3) is 8.22. The molecule has 2 aromatic carbocycles. The van der Waals surface area contributed by atoms with Gasteiger partial charge >= 0.3 is 0 Å². The smallest absolute Gasteiger partial charge is 0.242 e. The van der Waals surface area contributed by atoms with Gasteiger partial charge in [0.1, 0.15) is 5.75 Å². The molecule has 2 amide bonds. The van der Waals surface area contributed by atoms with Crippen LogP contribution in [-0.2, 0) is 22.4 Å². The van der Waals surface area contributed by atoms with Gasteiger partial charge in [0, 0.05) is 37.8 Å². The number of aryl methyl sites for hydroxylation is 2. The Balaban J connectivity index is 0.00000462. The minimum atomic E-state index is -0.111. The van der Waals surface area contributed by atoms with Gasteiger partial charge in [0.2, 0.25) is 23.5 Å². The number of rotatable bonds is 12. The zero-order chi connectivity index (χ0) is 28.8. The van der Waals surface area contributed by atoms with Crippen LogP contribution in [0.1, 0.15) is 49.3 Å². The zero-order valence-corrected chi connectivity index (χ0v) is 25.7. The number of halogens is 1. The van der Waals surface area contributed by atoms with Crippen LogP contribution < -0.4 is 15.0 Å². The number of likely N-dealkylation sites (N-methyl/N-ethyl adjacent to an activating group) is 1. The fraction of sp³-hybridized carbons (Fsp3) is 0.484. The van der Waals surface area contributed by atoms with Crippen LogP contribution in [0.4, 0.5) is 5.69 Å². The molecule has 3 aromatic rings. The number of nitrogens with zero attached hydrogens (tertiary/aromatic N) is 4. The number of methoxy groups -OCH3 is 1. The normalized spacial score (nSPS) is 13.9. The average Bonchev–Trinajstić information content (AvgIpc) is 3.56. The van der Waals surface area contributed by atoms with Crippen molar-refractivity contribution in [1.82, 2.24) is 20.4 Å². The van der Waals surface area contributed by atoms with Crippen molar-refractivity contribution in [2.24, 2.45) is 5.92 Å². The number of anilines is 1. The molecule has 0 radical (unpaired) electrons. The van der Waals surface area contributed by atoms with E-state index in [1.54, 1.807) is 14.0 Å². The molecule has 1 atom stereocenters. The Hall–Kier alpha value is -3.59. The highest BCUT2D eigenvalue weighted by atomic mass is 35.5. The van der Waals surface area contributed by atoms with E-state index in [0.717, 1.165) is 48.2 Å². The van der Waals surface area contributed by atoms with Crippen molar-refractivity contribution in [2.45, 2.75) is 59.4 Å². The minimum absolute atomic E-state index is 0. The molecule has 10 heteroatoms. The Bertz CT molecular complexity index is 1340. The summed E-state index contributed by atoms with van der Waals surface area (Å²) < 4.78 is 10.6. The van der Waals surface area contributed by atoms with Crippen molar-refractivity contribution in [2.75, 3.05) is 38.7 Å². The van der Waals surface area contributed by atoms with Gasteiger partial charge in [-0.1, -0.05) is 37.2 Å². The standard InChI is InChI=1S/C31H41N5O4.ClH/c1-20(2)8-7-13-32-29(37)18-36(28-17-24(10-9-21(28)3)31-33-22(4)40-34-31)19-30(38)35(5)26-14-23-11-12-27(39-6)16-25(23)15-26;/h9-12,16-17,20,26H,7-8,13-15,18-19H2,1-6H3,(H,32,37);1H. The molecule has 1 N–H and O–H groups in total. The second-order valence-corrected chi connectivity index (χ2v) is 11.1. The van der Waals surface area contributed by atoms with Gasteiger partial charge in [-0.3, -0.25) is 9.59 Å². The molecule has 0 bridgehead atoms. The minimum Gasteiger partial charge on any atom is -0.497 e. The van der Waals surface area contributed by atoms with Crippen molar-refractivity contribution in [3.8, 4) is 17.1 Å². The van der Waals surface area contributed by atoms with E-state index in [2.05, 4.69) is 41.4 Å². The molecule has 0 fully saturated rings. The molecule has 1 unspecified atom stereocenters. The third-order valence-corrected chi connectivity index (χ3v) is 7.54. The Morgan fingerprint density at radius 3 is 2.54 bits per heavy atom. The van der Waals surface area contributed by atoms with Gasteiger partial charge in [-0.15, -0.1) is 12.4 Å². The zero-order valence-electron chi connectivity index (χ0n) is 24.9.